The fraction of sp³-hybridized carbons (Fsp3) is 0.625. The minimum absolute atomic E-state index is 0.0497. The molecule has 0 radical (unpaired) electrons. The number of benzene rings is 1. The molecule has 1 aromatic rings. The molecule has 106 valence electrons. The van der Waals surface area contributed by atoms with Crippen molar-refractivity contribution in [3.05, 3.63) is 29.6 Å². The number of hydrogen-bond acceptors (Lipinski definition) is 2. The summed E-state index contributed by atoms with van der Waals surface area (Å²) in [7, 11) is 0. The lowest BCUT2D eigenvalue weighted by atomic mass is 10.0. The van der Waals surface area contributed by atoms with E-state index in [1.165, 1.54) is 32.1 Å². The lowest BCUT2D eigenvalue weighted by molar-refractivity contribution is 0.514. The first-order valence-electron chi connectivity index (χ1n) is 7.45. The third-order valence-electron chi connectivity index (χ3n) is 3.60. The molecule has 0 unspecified atom stereocenters. The standard InChI is InChI=1S/C16H24FNS/c1-2-10-18-12-13-8-9-16(15(17)11-13)19-14-6-4-3-5-7-14/h8-9,11,14,18H,2-7,10,12H2,1H3. The molecule has 1 saturated carbocycles. The summed E-state index contributed by atoms with van der Waals surface area (Å²) >= 11 is 1.73. The van der Waals surface area contributed by atoms with Crippen LogP contribution in [-0.2, 0) is 6.54 Å². The maximum absolute atomic E-state index is 14.1. The lowest BCUT2D eigenvalue weighted by Crippen LogP contribution is -2.14. The van der Waals surface area contributed by atoms with Gasteiger partial charge in [0.2, 0.25) is 0 Å². The van der Waals surface area contributed by atoms with Gasteiger partial charge in [0, 0.05) is 16.7 Å². The zero-order chi connectivity index (χ0) is 13.5. The topological polar surface area (TPSA) is 12.0 Å². The van der Waals surface area contributed by atoms with Gasteiger partial charge in [0.15, 0.2) is 0 Å². The van der Waals surface area contributed by atoms with Crippen LogP contribution < -0.4 is 5.32 Å². The Hall–Kier alpha value is -0.540. The first-order valence-corrected chi connectivity index (χ1v) is 8.33. The normalized spacial score (nSPS) is 16.7. The van der Waals surface area contributed by atoms with Gasteiger partial charge in [-0.1, -0.05) is 32.3 Å². The Morgan fingerprint density at radius 3 is 2.74 bits per heavy atom. The largest absolute Gasteiger partial charge is 0.313 e. The molecule has 0 heterocycles. The Morgan fingerprint density at radius 2 is 2.05 bits per heavy atom. The minimum atomic E-state index is -0.0497. The van der Waals surface area contributed by atoms with Crippen molar-refractivity contribution in [3.63, 3.8) is 0 Å². The summed E-state index contributed by atoms with van der Waals surface area (Å²) < 4.78 is 14.1. The lowest BCUT2D eigenvalue weighted by Gasteiger charge is -2.21. The predicted octanol–water partition coefficient (Wildman–Crippen LogP) is 4.75. The van der Waals surface area contributed by atoms with Crippen LogP contribution in [0.25, 0.3) is 0 Å². The molecule has 0 spiro atoms. The van der Waals surface area contributed by atoms with E-state index in [4.69, 9.17) is 0 Å². The third kappa shape index (κ3) is 4.81. The van der Waals surface area contributed by atoms with E-state index < -0.39 is 0 Å². The highest BCUT2D eigenvalue weighted by Gasteiger charge is 2.16. The molecule has 1 N–H and O–H groups in total. The molecule has 1 aliphatic rings. The predicted molar refractivity (Wildman–Crippen MR) is 81.1 cm³/mol. The monoisotopic (exact) mass is 281 g/mol. The first kappa shape index (κ1) is 14.9. The van der Waals surface area contributed by atoms with Crippen LogP contribution in [0.4, 0.5) is 4.39 Å². The fourth-order valence-electron chi connectivity index (χ4n) is 2.52. The summed E-state index contributed by atoms with van der Waals surface area (Å²) in [4.78, 5) is 0.825. The summed E-state index contributed by atoms with van der Waals surface area (Å²) in [5.74, 6) is -0.0497. The summed E-state index contributed by atoms with van der Waals surface area (Å²) in [6.07, 6.45) is 7.55. The maximum atomic E-state index is 14.1. The van der Waals surface area contributed by atoms with Gasteiger partial charge in [0.1, 0.15) is 5.82 Å². The average molecular weight is 281 g/mol. The van der Waals surface area contributed by atoms with E-state index in [0.717, 1.165) is 30.0 Å². The number of hydrogen-bond donors (Lipinski definition) is 1. The van der Waals surface area contributed by atoms with Crippen LogP contribution in [0.3, 0.4) is 0 Å². The summed E-state index contributed by atoms with van der Waals surface area (Å²) in [6, 6.07) is 5.70. The van der Waals surface area contributed by atoms with Crippen LogP contribution in [0.15, 0.2) is 23.1 Å². The molecule has 3 heteroatoms. The molecule has 0 amide bonds. The Morgan fingerprint density at radius 1 is 1.26 bits per heavy atom. The van der Waals surface area contributed by atoms with Crippen molar-refractivity contribution in [3.8, 4) is 0 Å². The van der Waals surface area contributed by atoms with Crippen molar-refractivity contribution in [1.29, 1.82) is 0 Å². The average Bonchev–Trinajstić information content (AvgIpc) is 2.43. The van der Waals surface area contributed by atoms with E-state index in [1.54, 1.807) is 17.8 Å². The number of nitrogens with one attached hydrogen (secondary N) is 1. The van der Waals surface area contributed by atoms with Crippen molar-refractivity contribution in [2.24, 2.45) is 0 Å². The van der Waals surface area contributed by atoms with Crippen LogP contribution >= 0.6 is 11.8 Å². The van der Waals surface area contributed by atoms with Crippen LogP contribution in [0.1, 0.15) is 51.0 Å². The van der Waals surface area contributed by atoms with Gasteiger partial charge in [-0.05, 0) is 43.5 Å². The van der Waals surface area contributed by atoms with Crippen molar-refractivity contribution in [1.82, 2.24) is 5.32 Å². The molecule has 19 heavy (non-hydrogen) atoms. The second-order valence-corrected chi connectivity index (χ2v) is 6.66. The molecular formula is C16H24FNS. The quantitative estimate of drug-likeness (QED) is 0.755. The van der Waals surface area contributed by atoms with E-state index in [2.05, 4.69) is 18.3 Å². The van der Waals surface area contributed by atoms with E-state index in [1.807, 2.05) is 6.07 Å². The van der Waals surface area contributed by atoms with Gasteiger partial charge in [-0.3, -0.25) is 0 Å². The Labute approximate surface area is 120 Å². The van der Waals surface area contributed by atoms with Gasteiger partial charge in [-0.25, -0.2) is 4.39 Å². The zero-order valence-corrected chi connectivity index (χ0v) is 12.6. The maximum Gasteiger partial charge on any atom is 0.137 e. The molecule has 0 bridgehead atoms. The van der Waals surface area contributed by atoms with Gasteiger partial charge >= 0.3 is 0 Å². The second-order valence-electron chi connectivity index (χ2n) is 5.32. The first-order chi connectivity index (χ1) is 9.29. The van der Waals surface area contributed by atoms with Gasteiger partial charge < -0.3 is 5.32 Å². The molecule has 0 aromatic heterocycles. The van der Waals surface area contributed by atoms with Crippen molar-refractivity contribution in [2.45, 2.75) is 62.1 Å². The highest BCUT2D eigenvalue weighted by Crippen LogP contribution is 2.34. The molecule has 1 aliphatic carbocycles. The molecule has 0 aliphatic heterocycles. The van der Waals surface area contributed by atoms with Crippen LogP contribution in [0.5, 0.6) is 0 Å². The highest BCUT2D eigenvalue weighted by molar-refractivity contribution is 8.00. The van der Waals surface area contributed by atoms with Gasteiger partial charge in [0.05, 0.1) is 0 Å². The highest BCUT2D eigenvalue weighted by atomic mass is 32.2. The van der Waals surface area contributed by atoms with E-state index in [9.17, 15) is 4.39 Å². The molecule has 2 rings (SSSR count). The Bertz CT molecular complexity index is 388. The Balaban J connectivity index is 1.90. The minimum Gasteiger partial charge on any atom is -0.313 e. The van der Waals surface area contributed by atoms with Gasteiger partial charge in [0.25, 0.3) is 0 Å². The summed E-state index contributed by atoms with van der Waals surface area (Å²) in [6.45, 7) is 3.89. The van der Waals surface area contributed by atoms with E-state index in [-0.39, 0.29) is 5.82 Å². The van der Waals surface area contributed by atoms with Crippen molar-refractivity contribution < 1.29 is 4.39 Å². The molecule has 1 nitrogen and oxygen atoms in total. The molecule has 0 saturated heterocycles. The molecule has 0 atom stereocenters. The zero-order valence-electron chi connectivity index (χ0n) is 11.8. The van der Waals surface area contributed by atoms with Crippen LogP contribution in [0, 0.1) is 5.82 Å². The van der Waals surface area contributed by atoms with E-state index in [0.29, 0.717) is 5.25 Å². The Kier molecular flexibility index (Phi) is 6.18. The molecular weight excluding hydrogens is 257 g/mol. The number of rotatable bonds is 6. The summed E-state index contributed by atoms with van der Waals surface area (Å²) in [5, 5.41) is 3.92. The van der Waals surface area contributed by atoms with Crippen LogP contribution in [-0.4, -0.2) is 11.8 Å². The number of halogens is 1. The number of thioether (sulfide) groups is 1. The third-order valence-corrected chi connectivity index (χ3v) is 4.99. The van der Waals surface area contributed by atoms with E-state index >= 15 is 0 Å². The summed E-state index contributed by atoms with van der Waals surface area (Å²) in [5.41, 5.74) is 1.04. The van der Waals surface area contributed by atoms with Crippen LogP contribution in [0.2, 0.25) is 0 Å². The van der Waals surface area contributed by atoms with Gasteiger partial charge in [-0.2, -0.15) is 0 Å². The fourth-order valence-corrected chi connectivity index (χ4v) is 3.77. The van der Waals surface area contributed by atoms with Crippen molar-refractivity contribution >= 4 is 11.8 Å². The molecule has 1 fully saturated rings. The van der Waals surface area contributed by atoms with Gasteiger partial charge in [-0.15, -0.1) is 11.8 Å². The SMILES string of the molecule is CCCNCc1ccc(SC2CCCCC2)c(F)c1. The molecule has 1 aromatic carbocycles. The van der Waals surface area contributed by atoms with Crippen molar-refractivity contribution in [2.75, 3.05) is 6.54 Å². The second kappa shape index (κ2) is 7.91. The smallest absolute Gasteiger partial charge is 0.137 e.